The van der Waals surface area contributed by atoms with Gasteiger partial charge >= 0.3 is 6.03 Å². The summed E-state index contributed by atoms with van der Waals surface area (Å²) in [5.74, 6) is 0.336. The van der Waals surface area contributed by atoms with Gasteiger partial charge in [-0.3, -0.25) is 14.5 Å². The zero-order chi connectivity index (χ0) is 21.8. The van der Waals surface area contributed by atoms with Crippen LogP contribution in [0.4, 0.5) is 10.6 Å². The first-order chi connectivity index (χ1) is 15.0. The van der Waals surface area contributed by atoms with E-state index in [1.54, 1.807) is 18.0 Å². The topological polar surface area (TPSA) is 85.8 Å². The Hall–Kier alpha value is -3.42. The van der Waals surface area contributed by atoms with Gasteiger partial charge in [0.05, 0.1) is 0 Å². The Bertz CT molecular complexity index is 944. The highest BCUT2D eigenvalue weighted by Gasteiger charge is 2.48. The van der Waals surface area contributed by atoms with Crippen molar-refractivity contribution in [2.24, 2.45) is 0 Å². The standard InChI is InChI=1S/C23H27N5O3/c1-23(11-10-18-7-3-2-4-8-18)21(30)28(22(31)25-23)17-20(29)27-15-13-26(14-16-27)19-9-5-6-12-24-19/h2-9,12H,10-11,13-17H2,1H3,(H,25,31)/t23-/m1/s1. The number of nitrogens with zero attached hydrogens (tertiary/aromatic N) is 4. The number of piperazine rings is 1. The van der Waals surface area contributed by atoms with Gasteiger partial charge in [-0.25, -0.2) is 9.78 Å². The summed E-state index contributed by atoms with van der Waals surface area (Å²) in [6.07, 6.45) is 2.90. The van der Waals surface area contributed by atoms with E-state index in [0.717, 1.165) is 16.3 Å². The third-order valence-corrected chi connectivity index (χ3v) is 6.00. The number of carbonyl (C=O) groups excluding carboxylic acids is 3. The van der Waals surface area contributed by atoms with Crippen LogP contribution in [0.15, 0.2) is 54.7 Å². The number of nitrogens with one attached hydrogen (secondary N) is 1. The molecule has 8 heteroatoms. The summed E-state index contributed by atoms with van der Waals surface area (Å²) in [6.45, 7) is 3.89. The summed E-state index contributed by atoms with van der Waals surface area (Å²) in [5.41, 5.74) is 0.108. The molecule has 4 amide bonds. The van der Waals surface area contributed by atoms with E-state index in [1.807, 2.05) is 48.5 Å². The van der Waals surface area contributed by atoms with E-state index in [9.17, 15) is 14.4 Å². The Kier molecular flexibility index (Phi) is 5.88. The summed E-state index contributed by atoms with van der Waals surface area (Å²) in [7, 11) is 0. The van der Waals surface area contributed by atoms with Gasteiger partial charge in [-0.15, -0.1) is 0 Å². The van der Waals surface area contributed by atoms with E-state index in [2.05, 4.69) is 15.2 Å². The number of hydrogen-bond acceptors (Lipinski definition) is 5. The maximum absolute atomic E-state index is 13.0. The maximum atomic E-state index is 13.0. The molecule has 31 heavy (non-hydrogen) atoms. The SMILES string of the molecule is C[C@]1(CCc2ccccc2)NC(=O)N(CC(=O)N2CCN(c3ccccn3)CC2)C1=O. The minimum Gasteiger partial charge on any atom is -0.353 e. The monoisotopic (exact) mass is 421 g/mol. The zero-order valence-corrected chi connectivity index (χ0v) is 17.7. The molecule has 0 saturated carbocycles. The van der Waals surface area contributed by atoms with Gasteiger partial charge in [0.25, 0.3) is 5.91 Å². The Balaban J connectivity index is 1.32. The molecular formula is C23H27N5O3. The molecule has 2 saturated heterocycles. The van der Waals surface area contributed by atoms with E-state index >= 15 is 0 Å². The second-order valence-electron chi connectivity index (χ2n) is 8.19. The van der Waals surface area contributed by atoms with Crippen molar-refractivity contribution >= 4 is 23.7 Å². The number of anilines is 1. The molecule has 0 unspecified atom stereocenters. The number of rotatable bonds is 6. The highest BCUT2D eigenvalue weighted by molar-refractivity contribution is 6.08. The van der Waals surface area contributed by atoms with Crippen molar-refractivity contribution in [3.05, 3.63) is 60.3 Å². The largest absolute Gasteiger partial charge is 0.353 e. The quantitative estimate of drug-likeness (QED) is 0.718. The molecule has 2 fully saturated rings. The molecule has 1 aromatic carbocycles. The minimum atomic E-state index is -0.995. The fourth-order valence-corrected chi connectivity index (χ4v) is 4.06. The van der Waals surface area contributed by atoms with Crippen LogP contribution in [-0.4, -0.2) is 70.9 Å². The predicted octanol–water partition coefficient (Wildman–Crippen LogP) is 1.67. The van der Waals surface area contributed by atoms with Crippen molar-refractivity contribution in [1.29, 1.82) is 0 Å². The van der Waals surface area contributed by atoms with Crippen LogP contribution in [-0.2, 0) is 16.0 Å². The molecule has 162 valence electrons. The van der Waals surface area contributed by atoms with E-state index in [-0.39, 0.29) is 18.4 Å². The van der Waals surface area contributed by atoms with Crippen LogP contribution in [0.5, 0.6) is 0 Å². The Labute approximate surface area is 181 Å². The number of hydrogen-bond donors (Lipinski definition) is 1. The highest BCUT2D eigenvalue weighted by Crippen LogP contribution is 2.23. The lowest BCUT2D eigenvalue weighted by Gasteiger charge is -2.35. The number of aromatic nitrogens is 1. The Morgan fingerprint density at radius 3 is 2.42 bits per heavy atom. The lowest BCUT2D eigenvalue weighted by Crippen LogP contribution is -2.52. The van der Waals surface area contributed by atoms with Gasteiger partial charge in [-0.05, 0) is 37.5 Å². The second kappa shape index (κ2) is 8.75. The number of aryl methyl sites for hydroxylation is 1. The third kappa shape index (κ3) is 4.52. The molecular weight excluding hydrogens is 394 g/mol. The molecule has 1 aromatic heterocycles. The van der Waals surface area contributed by atoms with E-state index in [0.29, 0.717) is 39.0 Å². The van der Waals surface area contributed by atoms with Gasteiger partial charge in [0.15, 0.2) is 0 Å². The summed E-state index contributed by atoms with van der Waals surface area (Å²) in [6, 6.07) is 15.1. The summed E-state index contributed by atoms with van der Waals surface area (Å²) >= 11 is 0. The molecule has 2 aliphatic heterocycles. The van der Waals surface area contributed by atoms with E-state index < -0.39 is 11.6 Å². The van der Waals surface area contributed by atoms with Crippen LogP contribution in [0, 0.1) is 0 Å². The molecule has 0 spiro atoms. The molecule has 3 heterocycles. The van der Waals surface area contributed by atoms with Gasteiger partial charge in [0, 0.05) is 32.4 Å². The van der Waals surface area contributed by atoms with Crippen molar-refractivity contribution < 1.29 is 14.4 Å². The lowest BCUT2D eigenvalue weighted by molar-refractivity contribution is -0.139. The molecule has 4 rings (SSSR count). The van der Waals surface area contributed by atoms with Gasteiger partial charge in [0.2, 0.25) is 5.91 Å². The third-order valence-electron chi connectivity index (χ3n) is 6.00. The fraction of sp³-hybridized carbons (Fsp3) is 0.391. The van der Waals surface area contributed by atoms with Crippen LogP contribution in [0.2, 0.25) is 0 Å². The molecule has 1 atom stereocenters. The number of urea groups is 1. The average Bonchev–Trinajstić information content (AvgIpc) is 3.02. The first-order valence-corrected chi connectivity index (χ1v) is 10.6. The van der Waals surface area contributed by atoms with Gasteiger partial charge in [-0.2, -0.15) is 0 Å². The summed E-state index contributed by atoms with van der Waals surface area (Å²) < 4.78 is 0. The van der Waals surface area contributed by atoms with Crippen molar-refractivity contribution in [2.75, 3.05) is 37.6 Å². The minimum absolute atomic E-state index is 0.212. The number of pyridine rings is 1. The molecule has 0 bridgehead atoms. The summed E-state index contributed by atoms with van der Waals surface area (Å²) in [5, 5.41) is 2.79. The molecule has 0 aliphatic carbocycles. The van der Waals surface area contributed by atoms with E-state index in [1.165, 1.54) is 0 Å². The van der Waals surface area contributed by atoms with Gasteiger partial charge in [0.1, 0.15) is 17.9 Å². The molecule has 8 nitrogen and oxygen atoms in total. The van der Waals surface area contributed by atoms with Crippen molar-refractivity contribution in [3.63, 3.8) is 0 Å². The van der Waals surface area contributed by atoms with Crippen LogP contribution in [0.25, 0.3) is 0 Å². The molecule has 0 radical (unpaired) electrons. The van der Waals surface area contributed by atoms with E-state index in [4.69, 9.17) is 0 Å². The summed E-state index contributed by atoms with van der Waals surface area (Å²) in [4.78, 5) is 47.5. The Morgan fingerprint density at radius 2 is 1.74 bits per heavy atom. The van der Waals surface area contributed by atoms with Gasteiger partial charge in [-0.1, -0.05) is 36.4 Å². The smallest absolute Gasteiger partial charge is 0.325 e. The highest BCUT2D eigenvalue weighted by atomic mass is 16.2. The second-order valence-corrected chi connectivity index (χ2v) is 8.19. The molecule has 2 aromatic rings. The lowest BCUT2D eigenvalue weighted by atomic mass is 9.93. The van der Waals surface area contributed by atoms with Crippen LogP contribution < -0.4 is 10.2 Å². The van der Waals surface area contributed by atoms with Crippen molar-refractivity contribution in [1.82, 2.24) is 20.1 Å². The number of benzene rings is 1. The number of amides is 4. The average molecular weight is 422 g/mol. The first kappa shape index (κ1) is 20.8. The van der Waals surface area contributed by atoms with Gasteiger partial charge < -0.3 is 15.1 Å². The van der Waals surface area contributed by atoms with Crippen LogP contribution in [0.3, 0.4) is 0 Å². The van der Waals surface area contributed by atoms with Crippen molar-refractivity contribution in [3.8, 4) is 0 Å². The number of carbonyl (C=O) groups is 3. The van der Waals surface area contributed by atoms with Crippen LogP contribution in [0.1, 0.15) is 18.9 Å². The zero-order valence-electron chi connectivity index (χ0n) is 17.7. The fourth-order valence-electron chi connectivity index (χ4n) is 4.06. The molecule has 1 N–H and O–H groups in total. The van der Waals surface area contributed by atoms with Crippen molar-refractivity contribution in [2.45, 2.75) is 25.3 Å². The maximum Gasteiger partial charge on any atom is 0.325 e. The normalized spacial score (nSPS) is 21.4. The predicted molar refractivity (Wildman–Crippen MR) is 116 cm³/mol. The molecule has 2 aliphatic rings. The number of imide groups is 1. The van der Waals surface area contributed by atoms with Crippen LogP contribution >= 0.6 is 0 Å². The Morgan fingerprint density at radius 1 is 1.03 bits per heavy atom. The first-order valence-electron chi connectivity index (χ1n) is 10.6.